The lowest BCUT2D eigenvalue weighted by Crippen LogP contribution is -2.36. The first-order valence-corrected chi connectivity index (χ1v) is 9.41. The topological polar surface area (TPSA) is 63.7 Å². The lowest BCUT2D eigenvalue weighted by molar-refractivity contribution is 0.0295. The quantitative estimate of drug-likeness (QED) is 0.778. The van der Waals surface area contributed by atoms with Crippen LogP contribution in [0.1, 0.15) is 27.2 Å². The molecule has 7 heteroatoms. The number of nitrogens with zero attached hydrogens (tertiary/aromatic N) is 1. The van der Waals surface area contributed by atoms with Gasteiger partial charge in [-0.2, -0.15) is 0 Å². The van der Waals surface area contributed by atoms with E-state index in [4.69, 9.17) is 4.74 Å². The molecule has 2 rings (SSSR count). The number of hydrogen-bond acceptors (Lipinski definition) is 4. The number of likely N-dealkylation sites (tertiary alicyclic amines) is 1. The SMILES string of the molecule is CC(C)(C)OC(=O)N1CC[C@@H](S(=O)(=O)c2ccccc2Br)C1. The van der Waals surface area contributed by atoms with Crippen molar-refractivity contribution in [1.82, 2.24) is 4.90 Å². The van der Waals surface area contributed by atoms with Gasteiger partial charge in [0.05, 0.1) is 10.1 Å². The van der Waals surface area contributed by atoms with Crippen LogP contribution in [0, 0.1) is 0 Å². The van der Waals surface area contributed by atoms with E-state index in [0.717, 1.165) is 0 Å². The molecule has 0 bridgehead atoms. The Balaban J connectivity index is 2.13. The molecule has 0 spiro atoms. The monoisotopic (exact) mass is 389 g/mol. The van der Waals surface area contributed by atoms with Crippen LogP contribution in [0.3, 0.4) is 0 Å². The Morgan fingerprint density at radius 2 is 1.95 bits per heavy atom. The van der Waals surface area contributed by atoms with Gasteiger partial charge in [0.1, 0.15) is 5.60 Å². The number of halogens is 1. The lowest BCUT2D eigenvalue weighted by atomic mass is 10.2. The first-order valence-electron chi connectivity index (χ1n) is 7.07. The fourth-order valence-corrected chi connectivity index (χ4v) is 5.05. The van der Waals surface area contributed by atoms with Gasteiger partial charge in [0, 0.05) is 17.6 Å². The van der Waals surface area contributed by atoms with Gasteiger partial charge in [-0.3, -0.25) is 0 Å². The highest BCUT2D eigenvalue weighted by Gasteiger charge is 2.38. The van der Waals surface area contributed by atoms with E-state index in [1.165, 1.54) is 4.90 Å². The Morgan fingerprint density at radius 1 is 1.32 bits per heavy atom. The molecule has 1 aromatic rings. The number of amides is 1. The molecule has 0 aromatic heterocycles. The van der Waals surface area contributed by atoms with Gasteiger partial charge in [-0.1, -0.05) is 12.1 Å². The van der Waals surface area contributed by atoms with Crippen molar-refractivity contribution in [2.75, 3.05) is 13.1 Å². The average molecular weight is 390 g/mol. The van der Waals surface area contributed by atoms with E-state index in [1.54, 1.807) is 45.0 Å². The summed E-state index contributed by atoms with van der Waals surface area (Å²) >= 11 is 3.28. The predicted molar refractivity (Wildman–Crippen MR) is 87.5 cm³/mol. The molecule has 0 N–H and O–H groups in total. The summed E-state index contributed by atoms with van der Waals surface area (Å²) in [6.07, 6.45) is -0.0413. The summed E-state index contributed by atoms with van der Waals surface area (Å²) in [4.78, 5) is 13.8. The lowest BCUT2D eigenvalue weighted by Gasteiger charge is -2.24. The van der Waals surface area contributed by atoms with Gasteiger partial charge < -0.3 is 9.64 Å². The molecule has 5 nitrogen and oxygen atoms in total. The number of ether oxygens (including phenoxy) is 1. The van der Waals surface area contributed by atoms with E-state index in [2.05, 4.69) is 15.9 Å². The number of sulfone groups is 1. The Morgan fingerprint density at radius 3 is 2.55 bits per heavy atom. The fraction of sp³-hybridized carbons (Fsp3) is 0.533. The van der Waals surface area contributed by atoms with Gasteiger partial charge in [-0.25, -0.2) is 13.2 Å². The highest BCUT2D eigenvalue weighted by atomic mass is 79.9. The molecule has 122 valence electrons. The second-order valence-corrected chi connectivity index (χ2v) is 9.36. The highest BCUT2D eigenvalue weighted by Crippen LogP contribution is 2.29. The van der Waals surface area contributed by atoms with E-state index < -0.39 is 26.8 Å². The Hall–Kier alpha value is -1.08. The number of benzene rings is 1. The molecule has 0 aliphatic carbocycles. The zero-order valence-electron chi connectivity index (χ0n) is 12.9. The van der Waals surface area contributed by atoms with Crippen molar-refractivity contribution in [1.29, 1.82) is 0 Å². The number of hydrogen-bond donors (Lipinski definition) is 0. The average Bonchev–Trinajstić information content (AvgIpc) is 2.87. The molecule has 0 unspecified atom stereocenters. The summed E-state index contributed by atoms with van der Waals surface area (Å²) < 4.78 is 31.2. The standard InChI is InChI=1S/C15H20BrNO4S/c1-15(2,3)21-14(18)17-9-8-11(10-17)22(19,20)13-7-5-4-6-12(13)16/h4-7,11H,8-10H2,1-3H3/t11-/m1/s1. The first kappa shape index (κ1) is 17.3. The molecule has 1 aromatic carbocycles. The molecule has 1 amide bonds. The minimum absolute atomic E-state index is 0.165. The van der Waals surface area contributed by atoms with Crippen molar-refractivity contribution in [3.8, 4) is 0 Å². The summed E-state index contributed by atoms with van der Waals surface area (Å²) in [7, 11) is -3.48. The molecule has 1 heterocycles. The Kier molecular flexibility index (Phi) is 4.87. The first-order chi connectivity index (χ1) is 10.1. The van der Waals surface area contributed by atoms with Crippen LogP contribution in [-0.2, 0) is 14.6 Å². The third kappa shape index (κ3) is 3.81. The van der Waals surface area contributed by atoms with Crippen molar-refractivity contribution in [3.63, 3.8) is 0 Å². The summed E-state index contributed by atoms with van der Waals surface area (Å²) in [5.41, 5.74) is -0.587. The van der Waals surface area contributed by atoms with Crippen LogP contribution in [0.15, 0.2) is 33.6 Å². The molecule has 1 aliphatic rings. The minimum Gasteiger partial charge on any atom is -0.444 e. The van der Waals surface area contributed by atoms with Crippen molar-refractivity contribution < 1.29 is 17.9 Å². The van der Waals surface area contributed by atoms with Gasteiger partial charge in [0.25, 0.3) is 0 Å². The molecule has 1 aliphatic heterocycles. The summed E-state index contributed by atoms with van der Waals surface area (Å²) in [6, 6.07) is 6.74. The fourth-order valence-electron chi connectivity index (χ4n) is 2.33. The summed E-state index contributed by atoms with van der Waals surface area (Å²) in [5.74, 6) is 0. The molecule has 0 radical (unpaired) electrons. The van der Waals surface area contributed by atoms with Gasteiger partial charge >= 0.3 is 6.09 Å². The predicted octanol–water partition coefficient (Wildman–Crippen LogP) is 3.23. The van der Waals surface area contributed by atoms with Crippen LogP contribution in [0.5, 0.6) is 0 Å². The normalized spacial score (nSPS) is 19.3. The molecule has 1 saturated heterocycles. The Bertz CT molecular complexity index is 666. The van der Waals surface area contributed by atoms with Crippen LogP contribution in [0.4, 0.5) is 4.79 Å². The van der Waals surface area contributed by atoms with Crippen molar-refractivity contribution in [2.24, 2.45) is 0 Å². The van der Waals surface area contributed by atoms with E-state index in [-0.39, 0.29) is 11.4 Å². The van der Waals surface area contributed by atoms with Crippen LogP contribution < -0.4 is 0 Å². The molecular formula is C15H20BrNO4S. The van der Waals surface area contributed by atoms with Gasteiger partial charge in [-0.15, -0.1) is 0 Å². The van der Waals surface area contributed by atoms with Crippen molar-refractivity contribution in [2.45, 2.75) is 42.9 Å². The van der Waals surface area contributed by atoms with Crippen molar-refractivity contribution >= 4 is 31.9 Å². The van der Waals surface area contributed by atoms with Crippen LogP contribution in [0.2, 0.25) is 0 Å². The second kappa shape index (κ2) is 6.20. The van der Waals surface area contributed by atoms with Gasteiger partial charge in [-0.05, 0) is 55.3 Å². The minimum atomic E-state index is -3.48. The maximum absolute atomic E-state index is 12.7. The molecule has 1 atom stereocenters. The number of rotatable bonds is 2. The molecule has 22 heavy (non-hydrogen) atoms. The van der Waals surface area contributed by atoms with Crippen molar-refractivity contribution in [3.05, 3.63) is 28.7 Å². The van der Waals surface area contributed by atoms with Crippen LogP contribution in [0.25, 0.3) is 0 Å². The van der Waals surface area contributed by atoms with E-state index in [1.807, 2.05) is 0 Å². The summed E-state index contributed by atoms with van der Waals surface area (Å²) in [5, 5.41) is -0.598. The van der Waals surface area contributed by atoms with Crippen LogP contribution >= 0.6 is 15.9 Å². The van der Waals surface area contributed by atoms with Gasteiger partial charge in [0.2, 0.25) is 0 Å². The molecule has 1 fully saturated rings. The third-order valence-electron chi connectivity index (χ3n) is 3.38. The highest BCUT2D eigenvalue weighted by molar-refractivity contribution is 9.10. The molecular weight excluding hydrogens is 370 g/mol. The van der Waals surface area contributed by atoms with E-state index >= 15 is 0 Å². The third-order valence-corrected chi connectivity index (χ3v) is 6.56. The van der Waals surface area contributed by atoms with E-state index in [9.17, 15) is 13.2 Å². The van der Waals surface area contributed by atoms with Crippen LogP contribution in [-0.4, -0.2) is 43.4 Å². The Labute approximate surface area is 139 Å². The zero-order valence-corrected chi connectivity index (χ0v) is 15.3. The largest absolute Gasteiger partial charge is 0.444 e. The smallest absolute Gasteiger partial charge is 0.410 e. The number of carbonyl (C=O) groups is 1. The van der Waals surface area contributed by atoms with E-state index in [0.29, 0.717) is 17.4 Å². The maximum Gasteiger partial charge on any atom is 0.410 e. The zero-order chi connectivity index (χ0) is 16.5. The summed E-state index contributed by atoms with van der Waals surface area (Å²) in [6.45, 7) is 5.92. The maximum atomic E-state index is 12.7. The second-order valence-electron chi connectivity index (χ2n) is 6.31. The van der Waals surface area contributed by atoms with Gasteiger partial charge in [0.15, 0.2) is 9.84 Å². The molecule has 0 saturated carbocycles. The number of carbonyl (C=O) groups excluding carboxylic acids is 1.